The lowest BCUT2D eigenvalue weighted by atomic mass is 10.1. The second kappa shape index (κ2) is 8.43. The molecule has 7 nitrogen and oxygen atoms in total. The van der Waals surface area contributed by atoms with Crippen molar-refractivity contribution in [1.29, 1.82) is 0 Å². The molecule has 1 N–H and O–H groups in total. The van der Waals surface area contributed by atoms with Crippen LogP contribution in [0.3, 0.4) is 0 Å². The van der Waals surface area contributed by atoms with E-state index in [1.54, 1.807) is 11.3 Å². The average molecular weight is 423 g/mol. The number of ether oxygens (including phenoxy) is 3. The molecule has 0 bridgehead atoms. The van der Waals surface area contributed by atoms with Gasteiger partial charge in [0.05, 0.1) is 25.5 Å². The lowest BCUT2D eigenvalue weighted by molar-refractivity contribution is -0.118. The maximum atomic E-state index is 12.4. The van der Waals surface area contributed by atoms with Gasteiger partial charge in [-0.3, -0.25) is 9.69 Å². The SMILES string of the molecule is O=C(CN1CCOCC1)Nc1cccc(-c2nc(-c3ccc4c(c3)OCO4)cs2)c1. The number of morpholine rings is 1. The van der Waals surface area contributed by atoms with E-state index >= 15 is 0 Å². The van der Waals surface area contributed by atoms with E-state index in [-0.39, 0.29) is 12.7 Å². The Labute approximate surface area is 178 Å². The summed E-state index contributed by atoms with van der Waals surface area (Å²) in [5, 5.41) is 5.91. The van der Waals surface area contributed by atoms with Crippen LogP contribution < -0.4 is 14.8 Å². The van der Waals surface area contributed by atoms with Crippen LogP contribution in [0.15, 0.2) is 47.8 Å². The van der Waals surface area contributed by atoms with Gasteiger partial charge >= 0.3 is 0 Å². The van der Waals surface area contributed by atoms with Crippen molar-refractivity contribution in [2.24, 2.45) is 0 Å². The fourth-order valence-corrected chi connectivity index (χ4v) is 4.31. The minimum absolute atomic E-state index is 0.0192. The quantitative estimate of drug-likeness (QED) is 0.678. The normalized spacial score (nSPS) is 15.9. The van der Waals surface area contributed by atoms with Crippen molar-refractivity contribution in [2.75, 3.05) is 45.0 Å². The number of nitrogens with zero attached hydrogens (tertiary/aromatic N) is 2. The predicted octanol–water partition coefficient (Wildman–Crippen LogP) is 3.48. The van der Waals surface area contributed by atoms with Crippen LogP contribution in [0.5, 0.6) is 11.5 Å². The van der Waals surface area contributed by atoms with Gasteiger partial charge in [-0.15, -0.1) is 11.3 Å². The minimum Gasteiger partial charge on any atom is -0.454 e. The molecule has 1 saturated heterocycles. The molecule has 2 aliphatic heterocycles. The highest BCUT2D eigenvalue weighted by molar-refractivity contribution is 7.13. The predicted molar refractivity (Wildman–Crippen MR) is 115 cm³/mol. The van der Waals surface area contributed by atoms with Crippen LogP contribution in [0, 0.1) is 0 Å². The monoisotopic (exact) mass is 423 g/mol. The summed E-state index contributed by atoms with van der Waals surface area (Å²) >= 11 is 1.57. The molecule has 2 aromatic carbocycles. The zero-order valence-corrected chi connectivity index (χ0v) is 17.1. The standard InChI is InChI=1S/C22H21N3O4S/c26-21(12-25-6-8-27-9-7-25)23-17-3-1-2-16(10-17)22-24-18(13-30-22)15-4-5-19-20(11-15)29-14-28-19/h1-5,10-11,13H,6-9,12,14H2,(H,23,26). The Morgan fingerprint density at radius 2 is 1.93 bits per heavy atom. The molecule has 0 atom stereocenters. The number of fused-ring (bicyclic) bond motifs is 1. The molecule has 3 heterocycles. The third-order valence-corrected chi connectivity index (χ3v) is 5.93. The van der Waals surface area contributed by atoms with Crippen LogP contribution in [-0.2, 0) is 9.53 Å². The van der Waals surface area contributed by atoms with Gasteiger partial charge in [0.25, 0.3) is 0 Å². The number of carbonyl (C=O) groups excluding carboxylic acids is 1. The van der Waals surface area contributed by atoms with Crippen LogP contribution in [-0.4, -0.2) is 55.4 Å². The van der Waals surface area contributed by atoms with E-state index in [1.165, 1.54) is 0 Å². The molecule has 5 rings (SSSR count). The molecule has 3 aromatic rings. The Kier molecular flexibility index (Phi) is 5.35. The molecule has 0 saturated carbocycles. The summed E-state index contributed by atoms with van der Waals surface area (Å²) in [6.07, 6.45) is 0. The van der Waals surface area contributed by atoms with Crippen molar-refractivity contribution in [3.05, 3.63) is 47.8 Å². The van der Waals surface area contributed by atoms with E-state index in [1.807, 2.05) is 47.8 Å². The molecular weight excluding hydrogens is 402 g/mol. The van der Waals surface area contributed by atoms with Gasteiger partial charge in [0.15, 0.2) is 11.5 Å². The van der Waals surface area contributed by atoms with Crippen molar-refractivity contribution in [3.8, 4) is 33.3 Å². The van der Waals surface area contributed by atoms with Gasteiger partial charge in [0.2, 0.25) is 12.7 Å². The molecule has 8 heteroatoms. The first-order chi connectivity index (χ1) is 14.7. The number of amides is 1. The first kappa shape index (κ1) is 19.0. The Morgan fingerprint density at radius 3 is 2.83 bits per heavy atom. The second-order valence-electron chi connectivity index (χ2n) is 7.12. The minimum atomic E-state index is -0.0192. The first-order valence-electron chi connectivity index (χ1n) is 9.80. The first-order valence-corrected chi connectivity index (χ1v) is 10.7. The third kappa shape index (κ3) is 4.16. The summed E-state index contributed by atoms with van der Waals surface area (Å²) in [7, 11) is 0. The van der Waals surface area contributed by atoms with E-state index in [9.17, 15) is 4.79 Å². The summed E-state index contributed by atoms with van der Waals surface area (Å²) in [4.78, 5) is 19.3. The van der Waals surface area contributed by atoms with Crippen molar-refractivity contribution < 1.29 is 19.0 Å². The fraction of sp³-hybridized carbons (Fsp3) is 0.273. The van der Waals surface area contributed by atoms with Crippen molar-refractivity contribution in [3.63, 3.8) is 0 Å². The number of rotatable bonds is 5. The van der Waals surface area contributed by atoms with E-state index in [0.29, 0.717) is 19.8 Å². The number of hydrogen-bond donors (Lipinski definition) is 1. The van der Waals surface area contributed by atoms with Gasteiger partial charge in [0.1, 0.15) is 5.01 Å². The van der Waals surface area contributed by atoms with Crippen molar-refractivity contribution in [2.45, 2.75) is 0 Å². The maximum absolute atomic E-state index is 12.4. The van der Waals surface area contributed by atoms with E-state index in [4.69, 9.17) is 19.2 Å². The van der Waals surface area contributed by atoms with Gasteiger partial charge in [0, 0.05) is 35.3 Å². The van der Waals surface area contributed by atoms with Crippen LogP contribution >= 0.6 is 11.3 Å². The molecule has 1 aromatic heterocycles. The highest BCUT2D eigenvalue weighted by Gasteiger charge is 2.16. The van der Waals surface area contributed by atoms with Crippen LogP contribution in [0.2, 0.25) is 0 Å². The van der Waals surface area contributed by atoms with Crippen LogP contribution in [0.4, 0.5) is 5.69 Å². The number of anilines is 1. The highest BCUT2D eigenvalue weighted by Crippen LogP contribution is 2.37. The largest absolute Gasteiger partial charge is 0.454 e. The molecule has 2 aliphatic rings. The number of nitrogens with one attached hydrogen (secondary N) is 1. The number of thiazole rings is 1. The average Bonchev–Trinajstić information content (AvgIpc) is 3.44. The summed E-state index contributed by atoms with van der Waals surface area (Å²) < 4.78 is 16.2. The third-order valence-electron chi connectivity index (χ3n) is 5.04. The molecule has 1 fully saturated rings. The number of carbonyl (C=O) groups is 1. The molecule has 0 aliphatic carbocycles. The smallest absolute Gasteiger partial charge is 0.238 e. The molecule has 0 unspecified atom stereocenters. The molecular formula is C22H21N3O4S. The Hall–Kier alpha value is -2.94. The molecule has 154 valence electrons. The highest BCUT2D eigenvalue weighted by atomic mass is 32.1. The Bertz CT molecular complexity index is 1060. The molecule has 0 spiro atoms. The van der Waals surface area contributed by atoms with Gasteiger partial charge in [-0.2, -0.15) is 0 Å². The second-order valence-corrected chi connectivity index (χ2v) is 7.98. The number of aromatic nitrogens is 1. The summed E-state index contributed by atoms with van der Waals surface area (Å²) in [6, 6.07) is 13.6. The lowest BCUT2D eigenvalue weighted by Crippen LogP contribution is -2.41. The molecule has 0 radical (unpaired) electrons. The number of hydrogen-bond acceptors (Lipinski definition) is 7. The zero-order valence-electron chi connectivity index (χ0n) is 16.3. The maximum Gasteiger partial charge on any atom is 0.238 e. The number of benzene rings is 2. The van der Waals surface area contributed by atoms with E-state index in [0.717, 1.165) is 52.1 Å². The van der Waals surface area contributed by atoms with Gasteiger partial charge in [-0.05, 0) is 30.3 Å². The van der Waals surface area contributed by atoms with E-state index < -0.39 is 0 Å². The summed E-state index contributed by atoms with van der Waals surface area (Å²) in [6.45, 7) is 3.56. The summed E-state index contributed by atoms with van der Waals surface area (Å²) in [5.74, 6) is 1.48. The Balaban J connectivity index is 1.29. The van der Waals surface area contributed by atoms with Crippen LogP contribution in [0.1, 0.15) is 0 Å². The molecule has 30 heavy (non-hydrogen) atoms. The Morgan fingerprint density at radius 1 is 1.07 bits per heavy atom. The lowest BCUT2D eigenvalue weighted by Gasteiger charge is -2.25. The van der Waals surface area contributed by atoms with Gasteiger partial charge in [-0.1, -0.05) is 12.1 Å². The summed E-state index contributed by atoms with van der Waals surface area (Å²) in [5.41, 5.74) is 3.61. The van der Waals surface area contributed by atoms with Crippen molar-refractivity contribution in [1.82, 2.24) is 9.88 Å². The van der Waals surface area contributed by atoms with Gasteiger partial charge in [-0.25, -0.2) is 4.98 Å². The van der Waals surface area contributed by atoms with Crippen molar-refractivity contribution >= 4 is 22.9 Å². The van der Waals surface area contributed by atoms with E-state index in [2.05, 4.69) is 10.2 Å². The fourth-order valence-electron chi connectivity index (χ4n) is 3.49. The van der Waals surface area contributed by atoms with Gasteiger partial charge < -0.3 is 19.5 Å². The zero-order chi connectivity index (χ0) is 20.3. The topological polar surface area (TPSA) is 72.9 Å². The van der Waals surface area contributed by atoms with Crippen LogP contribution in [0.25, 0.3) is 21.8 Å². The molecule has 1 amide bonds.